The van der Waals surface area contributed by atoms with Crippen molar-refractivity contribution in [3.05, 3.63) is 66.7 Å². The van der Waals surface area contributed by atoms with Crippen LogP contribution in [0.5, 0.6) is 5.75 Å². The van der Waals surface area contributed by atoms with Gasteiger partial charge in [0.05, 0.1) is 19.3 Å². The molecule has 0 spiro atoms. The highest BCUT2D eigenvalue weighted by Crippen LogP contribution is 2.19. The molecule has 0 aliphatic carbocycles. The lowest BCUT2D eigenvalue weighted by atomic mass is 10.3. The Labute approximate surface area is 134 Å². The molecule has 116 valence electrons. The topological polar surface area (TPSA) is 72.0 Å². The number of rotatable bonds is 6. The molecule has 0 saturated carbocycles. The van der Waals surface area contributed by atoms with Crippen molar-refractivity contribution in [2.24, 2.45) is 0 Å². The van der Waals surface area contributed by atoms with E-state index in [1.165, 1.54) is 6.33 Å². The quantitative estimate of drug-likeness (QED) is 0.728. The number of anilines is 3. The zero-order chi connectivity index (χ0) is 15.9. The third-order valence-electron chi connectivity index (χ3n) is 3.21. The Morgan fingerprint density at radius 1 is 0.957 bits per heavy atom. The minimum atomic E-state index is 0.611. The van der Waals surface area contributed by atoms with Crippen LogP contribution < -0.4 is 15.4 Å². The first-order valence-corrected chi connectivity index (χ1v) is 7.20. The van der Waals surface area contributed by atoms with Crippen LogP contribution in [0.15, 0.2) is 61.1 Å². The summed E-state index contributed by atoms with van der Waals surface area (Å²) in [5.41, 5.74) is 1.89. The van der Waals surface area contributed by atoms with Gasteiger partial charge in [0.1, 0.15) is 23.7 Å². The molecule has 0 atom stereocenters. The molecule has 23 heavy (non-hydrogen) atoms. The van der Waals surface area contributed by atoms with Gasteiger partial charge in [0.2, 0.25) is 0 Å². The summed E-state index contributed by atoms with van der Waals surface area (Å²) in [6.07, 6.45) is 3.29. The highest BCUT2D eigenvalue weighted by molar-refractivity contribution is 5.59. The number of benzene rings is 1. The van der Waals surface area contributed by atoms with E-state index in [1.807, 2.05) is 48.5 Å². The van der Waals surface area contributed by atoms with Crippen LogP contribution in [0.2, 0.25) is 0 Å². The van der Waals surface area contributed by atoms with Gasteiger partial charge in [-0.3, -0.25) is 4.98 Å². The molecule has 3 aromatic rings. The highest BCUT2D eigenvalue weighted by Gasteiger charge is 2.01. The van der Waals surface area contributed by atoms with Gasteiger partial charge in [-0.15, -0.1) is 0 Å². The van der Waals surface area contributed by atoms with Gasteiger partial charge in [-0.25, -0.2) is 9.97 Å². The molecule has 6 heteroatoms. The van der Waals surface area contributed by atoms with Crippen molar-refractivity contribution >= 4 is 17.3 Å². The Kier molecular flexibility index (Phi) is 4.63. The summed E-state index contributed by atoms with van der Waals surface area (Å²) in [6, 6.07) is 15.3. The smallest absolute Gasteiger partial charge is 0.135 e. The third kappa shape index (κ3) is 4.16. The molecule has 3 rings (SSSR count). The third-order valence-corrected chi connectivity index (χ3v) is 3.21. The van der Waals surface area contributed by atoms with Crippen LogP contribution in [-0.4, -0.2) is 22.1 Å². The summed E-state index contributed by atoms with van der Waals surface area (Å²) in [7, 11) is 1.65. The number of hydrogen-bond donors (Lipinski definition) is 2. The first-order valence-electron chi connectivity index (χ1n) is 7.20. The van der Waals surface area contributed by atoms with Crippen molar-refractivity contribution in [1.82, 2.24) is 15.0 Å². The standard InChI is InChI=1S/C17H17N5O/c1-23-15-7-5-13(6-8-15)22-17-10-16(20-12-21-17)19-11-14-4-2-3-9-18-14/h2-10,12H,11H2,1H3,(H2,19,20,21,22). The average molecular weight is 307 g/mol. The molecule has 2 N–H and O–H groups in total. The lowest BCUT2D eigenvalue weighted by molar-refractivity contribution is 0.415. The minimum absolute atomic E-state index is 0.611. The summed E-state index contributed by atoms with van der Waals surface area (Å²) in [4.78, 5) is 12.7. The molecule has 0 aliphatic heterocycles. The number of nitrogens with zero attached hydrogens (tertiary/aromatic N) is 3. The largest absolute Gasteiger partial charge is 0.497 e. The average Bonchev–Trinajstić information content (AvgIpc) is 2.62. The van der Waals surface area contributed by atoms with Crippen LogP contribution in [0.25, 0.3) is 0 Å². The summed E-state index contributed by atoms with van der Waals surface area (Å²) >= 11 is 0. The maximum absolute atomic E-state index is 5.14. The number of hydrogen-bond acceptors (Lipinski definition) is 6. The zero-order valence-corrected chi connectivity index (χ0v) is 12.7. The van der Waals surface area contributed by atoms with E-state index in [-0.39, 0.29) is 0 Å². The van der Waals surface area contributed by atoms with Crippen LogP contribution in [-0.2, 0) is 6.54 Å². The molecule has 0 unspecified atom stereocenters. The van der Waals surface area contributed by atoms with Crippen molar-refractivity contribution in [3.63, 3.8) is 0 Å². The van der Waals surface area contributed by atoms with Gasteiger partial charge in [-0.1, -0.05) is 6.07 Å². The number of methoxy groups -OCH3 is 1. The van der Waals surface area contributed by atoms with Crippen molar-refractivity contribution in [2.45, 2.75) is 6.54 Å². The van der Waals surface area contributed by atoms with Crippen LogP contribution in [0.3, 0.4) is 0 Å². The van der Waals surface area contributed by atoms with E-state index in [9.17, 15) is 0 Å². The second-order valence-corrected chi connectivity index (χ2v) is 4.82. The Morgan fingerprint density at radius 3 is 2.52 bits per heavy atom. The molecule has 0 saturated heterocycles. The van der Waals surface area contributed by atoms with Gasteiger partial charge in [-0.05, 0) is 36.4 Å². The van der Waals surface area contributed by atoms with Gasteiger partial charge < -0.3 is 15.4 Å². The van der Waals surface area contributed by atoms with E-state index >= 15 is 0 Å². The fraction of sp³-hybridized carbons (Fsp3) is 0.118. The van der Waals surface area contributed by atoms with Crippen molar-refractivity contribution < 1.29 is 4.74 Å². The van der Waals surface area contributed by atoms with Crippen molar-refractivity contribution in [3.8, 4) is 5.75 Å². The van der Waals surface area contributed by atoms with E-state index in [1.54, 1.807) is 13.3 Å². The molecule has 0 bridgehead atoms. The lowest BCUT2D eigenvalue weighted by Crippen LogP contribution is -2.04. The molecule has 2 heterocycles. The van der Waals surface area contributed by atoms with E-state index in [0.717, 1.165) is 22.9 Å². The zero-order valence-electron chi connectivity index (χ0n) is 12.7. The van der Waals surface area contributed by atoms with E-state index in [4.69, 9.17) is 4.74 Å². The van der Waals surface area contributed by atoms with Gasteiger partial charge >= 0.3 is 0 Å². The summed E-state index contributed by atoms with van der Waals surface area (Å²) in [5, 5.41) is 6.46. The summed E-state index contributed by atoms with van der Waals surface area (Å²) in [6.45, 7) is 0.611. The van der Waals surface area contributed by atoms with Gasteiger partial charge in [0, 0.05) is 18.0 Å². The van der Waals surface area contributed by atoms with Crippen LogP contribution >= 0.6 is 0 Å². The Balaban J connectivity index is 1.64. The molecule has 1 aromatic carbocycles. The fourth-order valence-electron chi connectivity index (χ4n) is 2.03. The maximum atomic E-state index is 5.14. The van der Waals surface area contributed by atoms with Crippen molar-refractivity contribution in [1.29, 1.82) is 0 Å². The molecule has 0 amide bonds. The first kappa shape index (κ1) is 14.8. The molecule has 2 aromatic heterocycles. The number of ether oxygens (including phenoxy) is 1. The van der Waals surface area contributed by atoms with Crippen LogP contribution in [0.1, 0.15) is 5.69 Å². The Hall–Kier alpha value is -3.15. The Bertz CT molecular complexity index is 746. The van der Waals surface area contributed by atoms with E-state index < -0.39 is 0 Å². The predicted octanol–water partition coefficient (Wildman–Crippen LogP) is 3.24. The molecule has 0 fully saturated rings. The van der Waals surface area contributed by atoms with Gasteiger partial charge in [0.25, 0.3) is 0 Å². The molecule has 6 nitrogen and oxygen atoms in total. The van der Waals surface area contributed by atoms with Gasteiger partial charge in [-0.2, -0.15) is 0 Å². The normalized spacial score (nSPS) is 10.1. The maximum Gasteiger partial charge on any atom is 0.135 e. The predicted molar refractivity (Wildman–Crippen MR) is 89.9 cm³/mol. The second-order valence-electron chi connectivity index (χ2n) is 4.82. The number of pyridine rings is 1. The lowest BCUT2D eigenvalue weighted by Gasteiger charge is -2.09. The van der Waals surface area contributed by atoms with E-state index in [2.05, 4.69) is 25.6 Å². The number of aromatic nitrogens is 3. The fourth-order valence-corrected chi connectivity index (χ4v) is 2.03. The second kappa shape index (κ2) is 7.22. The van der Waals surface area contributed by atoms with E-state index in [0.29, 0.717) is 12.4 Å². The Morgan fingerprint density at radius 2 is 1.78 bits per heavy atom. The number of nitrogens with one attached hydrogen (secondary N) is 2. The monoisotopic (exact) mass is 307 g/mol. The van der Waals surface area contributed by atoms with Gasteiger partial charge in [0.15, 0.2) is 0 Å². The first-order chi connectivity index (χ1) is 11.3. The minimum Gasteiger partial charge on any atom is -0.497 e. The molecule has 0 radical (unpaired) electrons. The molecular weight excluding hydrogens is 290 g/mol. The summed E-state index contributed by atoms with van der Waals surface area (Å²) < 4.78 is 5.14. The van der Waals surface area contributed by atoms with Crippen LogP contribution in [0, 0.1) is 0 Å². The molecular formula is C17H17N5O. The highest BCUT2D eigenvalue weighted by atomic mass is 16.5. The molecule has 0 aliphatic rings. The SMILES string of the molecule is COc1ccc(Nc2cc(NCc3ccccn3)ncn2)cc1. The van der Waals surface area contributed by atoms with Crippen LogP contribution in [0.4, 0.5) is 17.3 Å². The summed E-state index contributed by atoms with van der Waals surface area (Å²) in [5.74, 6) is 2.27. The van der Waals surface area contributed by atoms with Crippen molar-refractivity contribution in [2.75, 3.05) is 17.7 Å².